The van der Waals surface area contributed by atoms with Crippen LogP contribution >= 0.6 is 11.6 Å². The van der Waals surface area contributed by atoms with Gasteiger partial charge in [-0.3, -0.25) is 4.90 Å². The van der Waals surface area contributed by atoms with E-state index in [0.717, 1.165) is 23.1 Å². The molecular formula is C19H22ClNO2. The first-order valence-electron chi connectivity index (χ1n) is 7.50. The van der Waals surface area contributed by atoms with Crippen LogP contribution in [0.4, 0.5) is 0 Å². The van der Waals surface area contributed by atoms with Gasteiger partial charge >= 0.3 is 0 Å². The topological polar surface area (TPSA) is 21.7 Å². The quantitative estimate of drug-likeness (QED) is 0.524. The fraction of sp³-hybridized carbons (Fsp3) is 0.263. The second kappa shape index (κ2) is 8.61. The first-order valence-corrected chi connectivity index (χ1v) is 7.87. The van der Waals surface area contributed by atoms with E-state index in [0.29, 0.717) is 23.9 Å². The van der Waals surface area contributed by atoms with Crippen LogP contribution in [0.2, 0.25) is 5.02 Å². The molecule has 0 atom stereocenters. The zero-order valence-electron chi connectivity index (χ0n) is 13.6. The first-order chi connectivity index (χ1) is 11.2. The molecule has 23 heavy (non-hydrogen) atoms. The molecule has 0 amide bonds. The van der Waals surface area contributed by atoms with E-state index in [9.17, 15) is 0 Å². The van der Waals surface area contributed by atoms with E-state index in [4.69, 9.17) is 21.1 Å². The summed E-state index contributed by atoms with van der Waals surface area (Å²) in [6.07, 6.45) is 3.58. The predicted molar refractivity (Wildman–Crippen MR) is 97.2 cm³/mol. The van der Waals surface area contributed by atoms with Gasteiger partial charge in [0.2, 0.25) is 0 Å². The number of nitrogens with zero attached hydrogens (tertiary/aromatic N) is 1. The number of benzene rings is 2. The van der Waals surface area contributed by atoms with Crippen molar-refractivity contribution >= 4 is 22.4 Å². The van der Waals surface area contributed by atoms with Crippen molar-refractivity contribution in [1.82, 2.24) is 4.90 Å². The van der Waals surface area contributed by atoms with E-state index < -0.39 is 0 Å². The Balaban J connectivity index is 1.92. The third-order valence-corrected chi connectivity index (χ3v) is 3.94. The van der Waals surface area contributed by atoms with E-state index in [1.165, 1.54) is 0 Å². The standard InChI is InChI=1S/C19H22ClNO2/c1-4-7-16(22-3)14-21(2)12-13-23-18-11-10-15-8-5-6-9-17(15)19(18)20/h4-11H,1,12-14H2,2-3H3/b16-7-. The van der Waals surface area contributed by atoms with Crippen LogP contribution in [0.15, 0.2) is 60.9 Å². The number of ether oxygens (including phenoxy) is 2. The molecule has 2 aromatic carbocycles. The van der Waals surface area contributed by atoms with Gasteiger partial charge in [-0.2, -0.15) is 0 Å². The highest BCUT2D eigenvalue weighted by atomic mass is 35.5. The molecule has 0 saturated heterocycles. The normalized spacial score (nSPS) is 11.7. The summed E-state index contributed by atoms with van der Waals surface area (Å²) in [6.45, 7) is 5.70. The molecule has 0 saturated carbocycles. The summed E-state index contributed by atoms with van der Waals surface area (Å²) in [5.74, 6) is 1.58. The minimum Gasteiger partial charge on any atom is -0.500 e. The smallest absolute Gasteiger partial charge is 0.138 e. The molecule has 0 aliphatic heterocycles. The molecule has 0 aromatic heterocycles. The van der Waals surface area contributed by atoms with Crippen LogP contribution in [-0.2, 0) is 4.74 Å². The van der Waals surface area contributed by atoms with Gasteiger partial charge in [-0.15, -0.1) is 0 Å². The fourth-order valence-corrected chi connectivity index (χ4v) is 2.59. The van der Waals surface area contributed by atoms with E-state index in [-0.39, 0.29) is 0 Å². The maximum absolute atomic E-state index is 6.43. The van der Waals surface area contributed by atoms with Gasteiger partial charge in [0, 0.05) is 11.9 Å². The van der Waals surface area contributed by atoms with Gasteiger partial charge in [-0.1, -0.05) is 54.6 Å². The largest absolute Gasteiger partial charge is 0.500 e. The number of likely N-dealkylation sites (N-methyl/N-ethyl adjacent to an activating group) is 1. The molecule has 0 heterocycles. The van der Waals surface area contributed by atoms with Crippen LogP contribution < -0.4 is 4.74 Å². The lowest BCUT2D eigenvalue weighted by molar-refractivity contribution is 0.206. The molecule has 0 unspecified atom stereocenters. The average molecular weight is 332 g/mol. The number of halogens is 1. The van der Waals surface area contributed by atoms with Crippen molar-refractivity contribution < 1.29 is 9.47 Å². The maximum Gasteiger partial charge on any atom is 0.138 e. The third kappa shape index (κ3) is 4.75. The van der Waals surface area contributed by atoms with Crippen LogP contribution in [0.5, 0.6) is 5.75 Å². The maximum atomic E-state index is 6.43. The minimum atomic E-state index is 0.555. The van der Waals surface area contributed by atoms with Crippen molar-refractivity contribution in [3.05, 3.63) is 65.9 Å². The van der Waals surface area contributed by atoms with Crippen LogP contribution in [0.1, 0.15) is 0 Å². The molecule has 122 valence electrons. The van der Waals surface area contributed by atoms with E-state index in [1.807, 2.05) is 49.5 Å². The van der Waals surface area contributed by atoms with Crippen molar-refractivity contribution in [2.45, 2.75) is 0 Å². The highest BCUT2D eigenvalue weighted by molar-refractivity contribution is 6.37. The van der Waals surface area contributed by atoms with Gasteiger partial charge in [0.1, 0.15) is 18.1 Å². The second-order valence-corrected chi connectivity index (χ2v) is 5.64. The monoisotopic (exact) mass is 331 g/mol. The predicted octanol–water partition coefficient (Wildman–Crippen LogP) is 4.52. The third-order valence-electron chi connectivity index (χ3n) is 3.55. The Kier molecular flexibility index (Phi) is 6.51. The Morgan fingerprint density at radius 3 is 2.78 bits per heavy atom. The lowest BCUT2D eigenvalue weighted by Gasteiger charge is -2.18. The number of fused-ring (bicyclic) bond motifs is 1. The van der Waals surface area contributed by atoms with Crippen molar-refractivity contribution in [3.63, 3.8) is 0 Å². The van der Waals surface area contributed by atoms with Gasteiger partial charge in [-0.05, 0) is 24.6 Å². The van der Waals surface area contributed by atoms with Gasteiger partial charge in [0.25, 0.3) is 0 Å². The van der Waals surface area contributed by atoms with Gasteiger partial charge < -0.3 is 9.47 Å². The molecule has 0 radical (unpaired) electrons. The number of rotatable bonds is 8. The molecule has 0 aliphatic rings. The Morgan fingerprint density at radius 1 is 1.26 bits per heavy atom. The first kappa shape index (κ1) is 17.4. The van der Waals surface area contributed by atoms with E-state index in [1.54, 1.807) is 13.2 Å². The molecular weight excluding hydrogens is 310 g/mol. The Bertz CT molecular complexity index is 697. The molecule has 0 bridgehead atoms. The van der Waals surface area contributed by atoms with E-state index in [2.05, 4.69) is 11.5 Å². The summed E-state index contributed by atoms with van der Waals surface area (Å²) < 4.78 is 11.1. The van der Waals surface area contributed by atoms with Crippen LogP contribution in [0.3, 0.4) is 0 Å². The zero-order valence-corrected chi connectivity index (χ0v) is 14.3. The highest BCUT2D eigenvalue weighted by Gasteiger charge is 2.07. The summed E-state index contributed by atoms with van der Waals surface area (Å²) in [5, 5.41) is 2.78. The zero-order chi connectivity index (χ0) is 16.7. The molecule has 2 aromatic rings. The highest BCUT2D eigenvalue weighted by Crippen LogP contribution is 2.32. The molecule has 0 N–H and O–H groups in total. The summed E-state index contributed by atoms with van der Waals surface area (Å²) >= 11 is 6.43. The molecule has 0 fully saturated rings. The lowest BCUT2D eigenvalue weighted by Crippen LogP contribution is -2.26. The number of allylic oxidation sites excluding steroid dienone is 2. The summed E-state index contributed by atoms with van der Waals surface area (Å²) in [6, 6.07) is 12.0. The van der Waals surface area contributed by atoms with Crippen molar-refractivity contribution in [3.8, 4) is 5.75 Å². The average Bonchev–Trinajstić information content (AvgIpc) is 2.56. The second-order valence-electron chi connectivity index (χ2n) is 5.26. The lowest BCUT2D eigenvalue weighted by atomic mass is 10.1. The van der Waals surface area contributed by atoms with Crippen LogP contribution in [0, 0.1) is 0 Å². The number of hydrogen-bond donors (Lipinski definition) is 0. The number of methoxy groups -OCH3 is 1. The van der Waals surface area contributed by atoms with E-state index >= 15 is 0 Å². The molecule has 0 aliphatic carbocycles. The Hall–Kier alpha value is -1.97. The Morgan fingerprint density at radius 2 is 2.04 bits per heavy atom. The molecule has 2 rings (SSSR count). The molecule has 4 heteroatoms. The van der Waals surface area contributed by atoms with Gasteiger partial charge in [0.15, 0.2) is 0 Å². The fourth-order valence-electron chi connectivity index (χ4n) is 2.30. The van der Waals surface area contributed by atoms with Crippen LogP contribution in [-0.4, -0.2) is 38.8 Å². The van der Waals surface area contributed by atoms with Crippen molar-refractivity contribution in [1.29, 1.82) is 0 Å². The SMILES string of the molecule is C=C/C=C(/CN(C)CCOc1ccc2ccccc2c1Cl)OC. The van der Waals surface area contributed by atoms with Crippen LogP contribution in [0.25, 0.3) is 10.8 Å². The molecule has 3 nitrogen and oxygen atoms in total. The molecule has 0 spiro atoms. The Labute approximate surface area is 142 Å². The van der Waals surface area contributed by atoms with Crippen molar-refractivity contribution in [2.24, 2.45) is 0 Å². The minimum absolute atomic E-state index is 0.555. The van der Waals surface area contributed by atoms with Gasteiger partial charge in [0.05, 0.1) is 18.7 Å². The van der Waals surface area contributed by atoms with Gasteiger partial charge in [-0.25, -0.2) is 0 Å². The van der Waals surface area contributed by atoms with Crippen molar-refractivity contribution in [2.75, 3.05) is 33.9 Å². The summed E-state index contributed by atoms with van der Waals surface area (Å²) in [4.78, 5) is 2.12. The summed E-state index contributed by atoms with van der Waals surface area (Å²) in [7, 11) is 3.68. The number of hydrogen-bond acceptors (Lipinski definition) is 3. The summed E-state index contributed by atoms with van der Waals surface area (Å²) in [5.41, 5.74) is 0.